The number of hydrogen-bond donors (Lipinski definition) is 1. The first-order valence-electron chi connectivity index (χ1n) is 5.80. The highest BCUT2D eigenvalue weighted by molar-refractivity contribution is 8.14. The Morgan fingerprint density at radius 2 is 2.06 bits per heavy atom. The second kappa shape index (κ2) is 5.98. The summed E-state index contributed by atoms with van der Waals surface area (Å²) in [6, 6.07) is -0.612. The molecule has 1 aliphatic heterocycles. The highest BCUT2D eigenvalue weighted by Gasteiger charge is 2.31. The lowest BCUT2D eigenvalue weighted by molar-refractivity contribution is -0.138. The van der Waals surface area contributed by atoms with Gasteiger partial charge in [0, 0.05) is 11.3 Å². The Morgan fingerprint density at radius 1 is 1.41 bits per heavy atom. The Bertz CT molecular complexity index is 276. The molecular formula is C11H19F3N2S. The largest absolute Gasteiger partial charge is 0.391 e. The second-order valence-corrected chi connectivity index (χ2v) is 6.17. The van der Waals surface area contributed by atoms with Crippen molar-refractivity contribution < 1.29 is 13.2 Å². The van der Waals surface area contributed by atoms with Gasteiger partial charge in [0.2, 0.25) is 0 Å². The van der Waals surface area contributed by atoms with Gasteiger partial charge in [-0.15, -0.1) is 0 Å². The Labute approximate surface area is 104 Å². The molecule has 6 heteroatoms. The van der Waals surface area contributed by atoms with Crippen molar-refractivity contribution in [2.75, 3.05) is 6.54 Å². The van der Waals surface area contributed by atoms with Crippen molar-refractivity contribution in [1.82, 2.24) is 5.32 Å². The van der Waals surface area contributed by atoms with Crippen molar-refractivity contribution in [3.8, 4) is 0 Å². The van der Waals surface area contributed by atoms with Gasteiger partial charge in [0.15, 0.2) is 5.17 Å². The molecule has 0 aromatic carbocycles. The summed E-state index contributed by atoms with van der Waals surface area (Å²) in [6.07, 6.45) is -3.89. The summed E-state index contributed by atoms with van der Waals surface area (Å²) in [5.74, 6) is 0.592. The van der Waals surface area contributed by atoms with Crippen molar-refractivity contribution >= 4 is 16.9 Å². The topological polar surface area (TPSA) is 24.4 Å². The van der Waals surface area contributed by atoms with Crippen LogP contribution in [-0.4, -0.2) is 29.2 Å². The average Bonchev–Trinajstić information content (AvgIpc) is 2.46. The molecule has 0 saturated heterocycles. The van der Waals surface area contributed by atoms with Crippen molar-refractivity contribution in [3.63, 3.8) is 0 Å². The molecule has 0 radical (unpaired) electrons. The predicted molar refractivity (Wildman–Crippen MR) is 66.4 cm³/mol. The molecule has 1 N–H and O–H groups in total. The first-order chi connectivity index (χ1) is 7.76. The molecule has 17 heavy (non-hydrogen) atoms. The van der Waals surface area contributed by atoms with E-state index in [9.17, 15) is 13.2 Å². The number of nitrogens with zero attached hydrogens (tertiary/aromatic N) is 1. The zero-order valence-electron chi connectivity index (χ0n) is 10.3. The van der Waals surface area contributed by atoms with Crippen LogP contribution in [0.3, 0.4) is 0 Å². The van der Waals surface area contributed by atoms with E-state index in [2.05, 4.69) is 24.2 Å². The van der Waals surface area contributed by atoms with Gasteiger partial charge in [-0.3, -0.25) is 4.99 Å². The molecule has 0 amide bonds. The van der Waals surface area contributed by atoms with Crippen LogP contribution >= 0.6 is 11.8 Å². The molecule has 2 nitrogen and oxygen atoms in total. The molecule has 100 valence electrons. The Balaban J connectivity index is 2.30. The maximum Gasteiger partial charge on any atom is 0.391 e. The molecule has 0 bridgehead atoms. The minimum atomic E-state index is -4.12. The number of nitrogens with one attached hydrogen (secondary N) is 1. The van der Waals surface area contributed by atoms with E-state index in [4.69, 9.17) is 0 Å². The molecule has 0 aromatic rings. The van der Waals surface area contributed by atoms with Gasteiger partial charge in [0.25, 0.3) is 0 Å². The van der Waals surface area contributed by atoms with E-state index in [-0.39, 0.29) is 0 Å². The maximum atomic E-state index is 12.1. The van der Waals surface area contributed by atoms with Gasteiger partial charge in [-0.2, -0.15) is 13.2 Å². The quantitative estimate of drug-likeness (QED) is 0.844. The fourth-order valence-electron chi connectivity index (χ4n) is 1.75. The molecule has 1 rings (SSSR count). The number of aliphatic imine (C=N–C) groups is 1. The standard InChI is InChI=1S/C11H19F3N2S/c1-7(2)4-9-6-15-10(17-9)16-8(3)5-11(12,13)14/h7-9H,4-6H2,1-3H3,(H,15,16). The van der Waals surface area contributed by atoms with Crippen LogP contribution in [0.5, 0.6) is 0 Å². The fourth-order valence-corrected chi connectivity index (χ4v) is 3.12. The highest BCUT2D eigenvalue weighted by atomic mass is 32.2. The minimum Gasteiger partial charge on any atom is -0.362 e. The van der Waals surface area contributed by atoms with Gasteiger partial charge in [-0.1, -0.05) is 25.6 Å². The number of thioether (sulfide) groups is 1. The van der Waals surface area contributed by atoms with Crippen LogP contribution in [0.4, 0.5) is 13.2 Å². The normalized spacial score (nSPS) is 22.8. The summed E-state index contributed by atoms with van der Waals surface area (Å²) >= 11 is 1.56. The van der Waals surface area contributed by atoms with Crippen molar-refractivity contribution in [1.29, 1.82) is 0 Å². The molecule has 0 spiro atoms. The van der Waals surface area contributed by atoms with Crippen LogP contribution < -0.4 is 5.32 Å². The van der Waals surface area contributed by atoms with E-state index in [1.807, 2.05) is 0 Å². The lowest BCUT2D eigenvalue weighted by Crippen LogP contribution is -2.34. The molecule has 0 fully saturated rings. The van der Waals surface area contributed by atoms with Crippen LogP contribution in [0, 0.1) is 5.92 Å². The summed E-state index contributed by atoms with van der Waals surface area (Å²) in [6.45, 7) is 6.52. The summed E-state index contributed by atoms with van der Waals surface area (Å²) in [5, 5.41) is 3.90. The highest BCUT2D eigenvalue weighted by Crippen LogP contribution is 2.27. The first-order valence-corrected chi connectivity index (χ1v) is 6.68. The van der Waals surface area contributed by atoms with Crippen molar-refractivity contribution in [2.24, 2.45) is 10.9 Å². The van der Waals surface area contributed by atoms with Gasteiger partial charge in [-0.25, -0.2) is 0 Å². The third-order valence-corrected chi connectivity index (χ3v) is 3.50. The van der Waals surface area contributed by atoms with Gasteiger partial charge in [0.1, 0.15) is 0 Å². The van der Waals surface area contributed by atoms with Crippen molar-refractivity contribution in [2.45, 2.75) is 51.1 Å². The zero-order valence-corrected chi connectivity index (χ0v) is 11.2. The summed E-state index contributed by atoms with van der Waals surface area (Å²) in [7, 11) is 0. The predicted octanol–water partition coefficient (Wildman–Crippen LogP) is 3.43. The van der Waals surface area contributed by atoms with Gasteiger partial charge in [0.05, 0.1) is 13.0 Å². The average molecular weight is 268 g/mol. The Kier molecular flexibility index (Phi) is 5.16. The molecule has 1 heterocycles. The van der Waals surface area contributed by atoms with Gasteiger partial charge in [-0.05, 0) is 19.3 Å². The Hall–Kier alpha value is -0.390. The molecule has 2 atom stereocenters. The molecule has 0 saturated carbocycles. The lowest BCUT2D eigenvalue weighted by atomic mass is 10.1. The van der Waals surface area contributed by atoms with E-state index >= 15 is 0 Å². The van der Waals surface area contributed by atoms with E-state index in [1.54, 1.807) is 11.8 Å². The first kappa shape index (κ1) is 14.7. The van der Waals surface area contributed by atoms with E-state index in [0.717, 1.165) is 6.42 Å². The van der Waals surface area contributed by atoms with Crippen LogP contribution in [0.2, 0.25) is 0 Å². The van der Waals surface area contributed by atoms with E-state index < -0.39 is 18.6 Å². The third kappa shape index (κ3) is 6.19. The minimum absolute atomic E-state index is 0.413. The SMILES string of the molecule is CC(C)CC1CN=C(NC(C)CC(F)(F)F)S1. The van der Waals surface area contributed by atoms with Crippen LogP contribution in [-0.2, 0) is 0 Å². The van der Waals surface area contributed by atoms with Crippen LogP contribution in [0.1, 0.15) is 33.6 Å². The van der Waals surface area contributed by atoms with Crippen molar-refractivity contribution in [3.05, 3.63) is 0 Å². The lowest BCUT2D eigenvalue weighted by Gasteiger charge is -2.17. The third-order valence-electron chi connectivity index (χ3n) is 2.36. The van der Waals surface area contributed by atoms with E-state index in [1.165, 1.54) is 6.92 Å². The number of hydrogen-bond acceptors (Lipinski definition) is 3. The van der Waals surface area contributed by atoms with Gasteiger partial charge >= 0.3 is 6.18 Å². The second-order valence-electron chi connectivity index (χ2n) is 4.88. The molecule has 2 unspecified atom stereocenters. The Morgan fingerprint density at radius 3 is 2.59 bits per heavy atom. The maximum absolute atomic E-state index is 12.1. The number of amidine groups is 1. The van der Waals surface area contributed by atoms with E-state index in [0.29, 0.717) is 22.9 Å². The van der Waals surface area contributed by atoms with Crippen LogP contribution in [0.15, 0.2) is 4.99 Å². The smallest absolute Gasteiger partial charge is 0.362 e. The monoisotopic (exact) mass is 268 g/mol. The number of halogens is 3. The molecule has 1 aliphatic rings. The number of rotatable bonds is 4. The summed E-state index contributed by atoms with van der Waals surface area (Å²) in [4.78, 5) is 4.24. The number of alkyl halides is 3. The van der Waals surface area contributed by atoms with Gasteiger partial charge < -0.3 is 5.32 Å². The fraction of sp³-hybridized carbons (Fsp3) is 0.909. The molecule has 0 aliphatic carbocycles. The summed E-state index contributed by atoms with van der Waals surface area (Å²) in [5.41, 5.74) is 0. The molecular weight excluding hydrogens is 249 g/mol. The zero-order chi connectivity index (χ0) is 13.1. The van der Waals surface area contributed by atoms with Crippen LogP contribution in [0.25, 0.3) is 0 Å². The summed E-state index contributed by atoms with van der Waals surface area (Å²) < 4.78 is 36.4. The molecule has 0 aromatic heterocycles.